The maximum Gasteiger partial charge on any atom is 0.340 e. The highest BCUT2D eigenvalue weighted by Crippen LogP contribution is 2.23. The molecule has 0 spiro atoms. The zero-order chi connectivity index (χ0) is 17.6. The third-order valence-electron chi connectivity index (χ3n) is 3.91. The Hall–Kier alpha value is -2.89. The molecule has 1 aromatic heterocycles. The number of aryl methyl sites for hydroxylation is 1. The van der Waals surface area contributed by atoms with Crippen LogP contribution >= 0.6 is 0 Å². The number of ether oxygens (including phenoxy) is 1. The molecule has 1 fully saturated rings. The Morgan fingerprint density at radius 2 is 1.92 bits per heavy atom. The number of carbonyl (C=O) groups excluding carboxylic acids is 2. The van der Waals surface area contributed by atoms with Crippen LogP contribution in [0.5, 0.6) is 0 Å². The third kappa shape index (κ3) is 5.04. The van der Waals surface area contributed by atoms with Crippen molar-refractivity contribution in [2.45, 2.75) is 32.2 Å². The minimum Gasteiger partial charge on any atom is -0.452 e. The van der Waals surface area contributed by atoms with E-state index in [1.54, 1.807) is 12.1 Å². The Bertz CT molecular complexity index is 738. The van der Waals surface area contributed by atoms with Crippen molar-refractivity contribution in [1.29, 1.82) is 0 Å². The van der Waals surface area contributed by atoms with Crippen molar-refractivity contribution < 1.29 is 14.3 Å². The summed E-state index contributed by atoms with van der Waals surface area (Å²) in [5.41, 5.74) is 2.19. The number of amides is 1. The first-order valence-electron chi connectivity index (χ1n) is 8.42. The lowest BCUT2D eigenvalue weighted by atomic mass is 10.1. The summed E-state index contributed by atoms with van der Waals surface area (Å²) in [5, 5.41) is 5.94. The standard InChI is InChI=1S/C19H21N3O3/c1-2-13-3-6-16(7-4-13)22-18(23)12-25-19(24)14-5-10-17(20-11-14)21-15-8-9-15/h3-7,10-11,15H,2,8-9,12H2,1H3,(H,20,21)(H,22,23). The van der Waals surface area contributed by atoms with Crippen LogP contribution in [0.1, 0.15) is 35.7 Å². The number of hydrogen-bond acceptors (Lipinski definition) is 5. The monoisotopic (exact) mass is 339 g/mol. The van der Waals surface area contributed by atoms with Gasteiger partial charge < -0.3 is 15.4 Å². The van der Waals surface area contributed by atoms with E-state index < -0.39 is 5.97 Å². The lowest BCUT2D eigenvalue weighted by Crippen LogP contribution is -2.21. The second-order valence-electron chi connectivity index (χ2n) is 6.03. The Balaban J connectivity index is 1.46. The number of nitrogens with zero attached hydrogens (tertiary/aromatic N) is 1. The maximum atomic E-state index is 12.0. The van der Waals surface area contributed by atoms with E-state index in [1.165, 1.54) is 11.8 Å². The number of carbonyl (C=O) groups is 2. The fourth-order valence-electron chi connectivity index (χ4n) is 2.27. The number of nitrogens with one attached hydrogen (secondary N) is 2. The van der Waals surface area contributed by atoms with Gasteiger partial charge in [-0.25, -0.2) is 9.78 Å². The van der Waals surface area contributed by atoms with Crippen molar-refractivity contribution >= 4 is 23.4 Å². The number of pyridine rings is 1. The summed E-state index contributed by atoms with van der Waals surface area (Å²) in [4.78, 5) is 28.0. The topological polar surface area (TPSA) is 80.3 Å². The van der Waals surface area contributed by atoms with Gasteiger partial charge in [0.2, 0.25) is 0 Å². The van der Waals surface area contributed by atoms with Gasteiger partial charge in [0.15, 0.2) is 6.61 Å². The van der Waals surface area contributed by atoms with Crippen molar-refractivity contribution in [1.82, 2.24) is 4.98 Å². The molecule has 1 heterocycles. The molecule has 1 aliphatic rings. The van der Waals surface area contributed by atoms with E-state index in [0.717, 1.165) is 25.1 Å². The molecule has 6 nitrogen and oxygen atoms in total. The summed E-state index contributed by atoms with van der Waals surface area (Å²) in [6.45, 7) is 1.73. The molecular formula is C19H21N3O3. The molecule has 25 heavy (non-hydrogen) atoms. The normalized spacial score (nSPS) is 13.2. The van der Waals surface area contributed by atoms with Gasteiger partial charge in [-0.05, 0) is 49.1 Å². The fourth-order valence-corrected chi connectivity index (χ4v) is 2.27. The highest BCUT2D eigenvalue weighted by atomic mass is 16.5. The predicted octanol–water partition coefficient (Wildman–Crippen LogP) is 3.01. The van der Waals surface area contributed by atoms with Crippen LogP contribution in [0.4, 0.5) is 11.5 Å². The summed E-state index contributed by atoms with van der Waals surface area (Å²) in [6.07, 6.45) is 4.70. The van der Waals surface area contributed by atoms with Gasteiger partial charge in [0.05, 0.1) is 5.56 Å². The number of anilines is 2. The first kappa shape index (κ1) is 17.0. The van der Waals surface area contributed by atoms with Gasteiger partial charge in [0.25, 0.3) is 5.91 Å². The SMILES string of the molecule is CCc1ccc(NC(=O)COC(=O)c2ccc(NC3CC3)nc2)cc1. The third-order valence-corrected chi connectivity index (χ3v) is 3.91. The molecule has 1 saturated carbocycles. The van der Waals surface area contributed by atoms with Crippen molar-refractivity contribution in [2.75, 3.05) is 17.2 Å². The van der Waals surface area contributed by atoms with Gasteiger partial charge in [-0.2, -0.15) is 0 Å². The molecule has 1 aromatic carbocycles. The number of hydrogen-bond donors (Lipinski definition) is 2. The van der Waals surface area contributed by atoms with Crippen LogP contribution in [-0.4, -0.2) is 29.5 Å². The number of rotatable bonds is 7. The van der Waals surface area contributed by atoms with Crippen molar-refractivity contribution in [3.8, 4) is 0 Å². The Morgan fingerprint density at radius 3 is 2.52 bits per heavy atom. The Morgan fingerprint density at radius 1 is 1.16 bits per heavy atom. The Kier molecular flexibility index (Phi) is 5.28. The summed E-state index contributed by atoms with van der Waals surface area (Å²) in [5.74, 6) is -0.202. The number of aromatic nitrogens is 1. The average molecular weight is 339 g/mol. The molecule has 0 radical (unpaired) electrons. The van der Waals surface area contributed by atoms with Gasteiger partial charge >= 0.3 is 5.97 Å². The maximum absolute atomic E-state index is 12.0. The summed E-state index contributed by atoms with van der Waals surface area (Å²) < 4.78 is 5.03. The number of benzene rings is 1. The molecule has 3 rings (SSSR count). The molecule has 1 aliphatic carbocycles. The molecule has 130 valence electrons. The van der Waals surface area contributed by atoms with Crippen molar-refractivity contribution in [2.24, 2.45) is 0 Å². The largest absolute Gasteiger partial charge is 0.452 e. The van der Waals surface area contributed by atoms with E-state index in [2.05, 4.69) is 22.5 Å². The highest BCUT2D eigenvalue weighted by molar-refractivity contribution is 5.95. The average Bonchev–Trinajstić information content (AvgIpc) is 3.45. The van der Waals surface area contributed by atoms with E-state index in [9.17, 15) is 9.59 Å². The molecule has 0 saturated heterocycles. The van der Waals surface area contributed by atoms with E-state index in [0.29, 0.717) is 17.3 Å². The molecule has 0 aliphatic heterocycles. The minimum absolute atomic E-state index is 0.321. The second kappa shape index (κ2) is 7.79. The van der Waals surface area contributed by atoms with Gasteiger partial charge in [0, 0.05) is 17.9 Å². The minimum atomic E-state index is -0.568. The second-order valence-corrected chi connectivity index (χ2v) is 6.03. The summed E-state index contributed by atoms with van der Waals surface area (Å²) in [6, 6.07) is 11.4. The first-order valence-corrected chi connectivity index (χ1v) is 8.42. The molecule has 2 aromatic rings. The first-order chi connectivity index (χ1) is 12.1. The molecule has 6 heteroatoms. The van der Waals surface area contributed by atoms with Crippen LogP contribution in [0.25, 0.3) is 0 Å². The van der Waals surface area contributed by atoms with Crippen LogP contribution in [0.15, 0.2) is 42.6 Å². The van der Waals surface area contributed by atoms with Crippen LogP contribution in [-0.2, 0) is 16.0 Å². The summed E-state index contributed by atoms with van der Waals surface area (Å²) in [7, 11) is 0. The van der Waals surface area contributed by atoms with Gasteiger partial charge in [0.1, 0.15) is 5.82 Å². The quantitative estimate of drug-likeness (QED) is 0.758. The zero-order valence-electron chi connectivity index (χ0n) is 14.1. The van der Waals surface area contributed by atoms with E-state index >= 15 is 0 Å². The van der Waals surface area contributed by atoms with Crippen LogP contribution in [0.2, 0.25) is 0 Å². The van der Waals surface area contributed by atoms with E-state index in [1.807, 2.05) is 24.3 Å². The van der Waals surface area contributed by atoms with Gasteiger partial charge in [-0.15, -0.1) is 0 Å². The van der Waals surface area contributed by atoms with Crippen LogP contribution < -0.4 is 10.6 Å². The highest BCUT2D eigenvalue weighted by Gasteiger charge is 2.21. The molecule has 0 atom stereocenters. The molecule has 2 N–H and O–H groups in total. The van der Waals surface area contributed by atoms with E-state index in [-0.39, 0.29) is 12.5 Å². The number of esters is 1. The molecular weight excluding hydrogens is 318 g/mol. The molecule has 1 amide bonds. The lowest BCUT2D eigenvalue weighted by molar-refractivity contribution is -0.119. The molecule has 0 bridgehead atoms. The van der Waals surface area contributed by atoms with Gasteiger partial charge in [-0.3, -0.25) is 4.79 Å². The van der Waals surface area contributed by atoms with E-state index in [4.69, 9.17) is 4.74 Å². The van der Waals surface area contributed by atoms with Crippen LogP contribution in [0.3, 0.4) is 0 Å². The van der Waals surface area contributed by atoms with Crippen molar-refractivity contribution in [3.05, 3.63) is 53.7 Å². The van der Waals surface area contributed by atoms with Crippen LogP contribution in [0, 0.1) is 0 Å². The fraction of sp³-hybridized carbons (Fsp3) is 0.316. The van der Waals surface area contributed by atoms with Gasteiger partial charge in [-0.1, -0.05) is 19.1 Å². The zero-order valence-corrected chi connectivity index (χ0v) is 14.1. The lowest BCUT2D eigenvalue weighted by Gasteiger charge is -2.08. The Labute approximate surface area is 146 Å². The summed E-state index contributed by atoms with van der Waals surface area (Å²) >= 11 is 0. The van der Waals surface area contributed by atoms with Crippen molar-refractivity contribution in [3.63, 3.8) is 0 Å². The molecule has 0 unspecified atom stereocenters. The smallest absolute Gasteiger partial charge is 0.340 e. The predicted molar refractivity (Wildman–Crippen MR) is 95.6 cm³/mol.